The Morgan fingerprint density at radius 2 is 1.74 bits per heavy atom. The molecule has 0 atom stereocenters. The highest BCUT2D eigenvalue weighted by Crippen LogP contribution is 2.17. The van der Waals surface area contributed by atoms with Gasteiger partial charge >= 0.3 is 5.97 Å². The minimum atomic E-state index is -0.481. The van der Waals surface area contributed by atoms with Gasteiger partial charge in [0.25, 0.3) is 0 Å². The molecular formula is C13H18N2O3S. The maximum atomic E-state index is 11.6. The van der Waals surface area contributed by atoms with Crippen LogP contribution in [0.4, 0.5) is 0 Å². The summed E-state index contributed by atoms with van der Waals surface area (Å²) in [5.41, 5.74) is 2.88. The van der Waals surface area contributed by atoms with Crippen LogP contribution >= 0.6 is 11.8 Å². The molecular weight excluding hydrogens is 264 g/mol. The van der Waals surface area contributed by atoms with Crippen molar-refractivity contribution in [1.82, 2.24) is 9.97 Å². The molecule has 0 N–H and O–H groups in total. The van der Waals surface area contributed by atoms with Crippen molar-refractivity contribution in [2.45, 2.75) is 39.3 Å². The molecule has 0 aliphatic heterocycles. The summed E-state index contributed by atoms with van der Waals surface area (Å²) >= 11 is 1.25. The second-order valence-electron chi connectivity index (χ2n) is 4.11. The molecule has 0 unspecified atom stereocenters. The average Bonchev–Trinajstić information content (AvgIpc) is 2.33. The van der Waals surface area contributed by atoms with E-state index in [-0.39, 0.29) is 18.0 Å². The summed E-state index contributed by atoms with van der Waals surface area (Å²) in [6.45, 7) is 7.79. The molecule has 0 spiro atoms. The van der Waals surface area contributed by atoms with E-state index in [9.17, 15) is 9.59 Å². The first-order valence-corrected chi connectivity index (χ1v) is 7.04. The third kappa shape index (κ3) is 4.98. The van der Waals surface area contributed by atoms with E-state index in [0.29, 0.717) is 11.8 Å². The zero-order valence-electron chi connectivity index (χ0n) is 11.6. The van der Waals surface area contributed by atoms with E-state index in [1.165, 1.54) is 11.8 Å². The summed E-state index contributed by atoms with van der Waals surface area (Å²) in [4.78, 5) is 31.3. The van der Waals surface area contributed by atoms with Crippen molar-refractivity contribution in [3.63, 3.8) is 0 Å². The van der Waals surface area contributed by atoms with Crippen LogP contribution in [0.25, 0.3) is 0 Å². The highest BCUT2D eigenvalue weighted by atomic mass is 32.2. The largest absolute Gasteiger partial charge is 0.466 e. The monoisotopic (exact) mass is 282 g/mol. The Kier molecular flexibility index (Phi) is 5.95. The van der Waals surface area contributed by atoms with Gasteiger partial charge in [0.2, 0.25) is 0 Å². The molecule has 1 aromatic heterocycles. The van der Waals surface area contributed by atoms with Crippen molar-refractivity contribution in [3.05, 3.63) is 17.0 Å². The fourth-order valence-corrected chi connectivity index (χ4v) is 2.17. The van der Waals surface area contributed by atoms with Gasteiger partial charge in [0.05, 0.1) is 12.4 Å². The fourth-order valence-electron chi connectivity index (χ4n) is 1.38. The molecule has 6 heteroatoms. The Labute approximate surface area is 117 Å². The van der Waals surface area contributed by atoms with Crippen LogP contribution < -0.4 is 0 Å². The number of thioether (sulfide) groups is 1. The molecule has 0 amide bonds. The minimum absolute atomic E-state index is 0.178. The van der Waals surface area contributed by atoms with Gasteiger partial charge in [-0.3, -0.25) is 9.59 Å². The molecule has 1 rings (SSSR count). The molecule has 0 saturated heterocycles. The molecule has 0 saturated carbocycles. The van der Waals surface area contributed by atoms with Crippen molar-refractivity contribution in [2.24, 2.45) is 0 Å². The van der Waals surface area contributed by atoms with Crippen LogP contribution in [0.1, 0.15) is 30.3 Å². The number of ketones is 1. The molecule has 0 aliphatic carbocycles. The lowest BCUT2D eigenvalue weighted by atomic mass is 10.2. The fraction of sp³-hybridized carbons (Fsp3) is 0.538. The number of rotatable bonds is 6. The number of Topliss-reactive ketones (excluding diaryl/α,β-unsaturated/α-hetero) is 1. The maximum absolute atomic E-state index is 11.6. The Hall–Kier alpha value is -1.43. The molecule has 5 nitrogen and oxygen atoms in total. The minimum Gasteiger partial charge on any atom is -0.466 e. The highest BCUT2D eigenvalue weighted by molar-refractivity contribution is 7.99. The molecule has 0 radical (unpaired) electrons. The van der Waals surface area contributed by atoms with Crippen LogP contribution in [0.5, 0.6) is 0 Å². The Morgan fingerprint density at radius 3 is 2.26 bits per heavy atom. The lowest BCUT2D eigenvalue weighted by Crippen LogP contribution is -2.13. The number of carbonyl (C=O) groups is 2. The van der Waals surface area contributed by atoms with Crippen molar-refractivity contribution < 1.29 is 14.3 Å². The van der Waals surface area contributed by atoms with E-state index in [2.05, 4.69) is 9.97 Å². The van der Waals surface area contributed by atoms with Crippen LogP contribution in [-0.4, -0.2) is 34.1 Å². The summed E-state index contributed by atoms with van der Waals surface area (Å²) in [6, 6.07) is 0. The van der Waals surface area contributed by atoms with Gasteiger partial charge in [-0.05, 0) is 33.3 Å². The van der Waals surface area contributed by atoms with E-state index in [0.717, 1.165) is 17.0 Å². The second kappa shape index (κ2) is 7.23. The summed E-state index contributed by atoms with van der Waals surface area (Å²) in [5, 5.41) is 0.567. The maximum Gasteiger partial charge on any atom is 0.313 e. The smallest absolute Gasteiger partial charge is 0.313 e. The van der Waals surface area contributed by atoms with E-state index in [1.807, 2.05) is 20.8 Å². The van der Waals surface area contributed by atoms with Gasteiger partial charge in [0, 0.05) is 11.4 Å². The molecule has 1 aromatic rings. The van der Waals surface area contributed by atoms with Crippen LogP contribution in [0.15, 0.2) is 5.16 Å². The number of aryl methyl sites for hydroxylation is 2. The predicted octanol–water partition coefficient (Wildman–Crippen LogP) is 2.02. The zero-order chi connectivity index (χ0) is 14.4. The van der Waals surface area contributed by atoms with E-state index in [1.54, 1.807) is 6.92 Å². The molecule has 0 aromatic carbocycles. The Bertz CT molecular complexity index is 466. The average molecular weight is 282 g/mol. The van der Waals surface area contributed by atoms with Gasteiger partial charge in [0.1, 0.15) is 6.42 Å². The van der Waals surface area contributed by atoms with E-state index < -0.39 is 5.97 Å². The number of ether oxygens (including phenoxy) is 1. The normalized spacial score (nSPS) is 10.3. The SMILES string of the molecule is CCOC(=O)CC(=O)CSc1nc(C)c(C)c(C)n1. The van der Waals surface area contributed by atoms with Crippen molar-refractivity contribution in [2.75, 3.05) is 12.4 Å². The Morgan fingerprint density at radius 1 is 1.16 bits per heavy atom. The lowest BCUT2D eigenvalue weighted by molar-refractivity contribution is -0.145. The first kappa shape index (κ1) is 15.6. The standard InChI is InChI=1S/C13H18N2O3S/c1-5-18-12(17)6-11(16)7-19-13-14-9(3)8(2)10(4)15-13/h5-7H2,1-4H3. The Balaban J connectivity index is 2.53. The van der Waals surface area contributed by atoms with Crippen LogP contribution in [-0.2, 0) is 14.3 Å². The summed E-state index contributed by atoms with van der Waals surface area (Å²) in [5.74, 6) is -0.478. The zero-order valence-corrected chi connectivity index (χ0v) is 12.5. The first-order chi connectivity index (χ1) is 8.93. The lowest BCUT2D eigenvalue weighted by Gasteiger charge is -2.06. The van der Waals surface area contributed by atoms with Crippen molar-refractivity contribution >= 4 is 23.5 Å². The number of nitrogens with zero attached hydrogens (tertiary/aromatic N) is 2. The van der Waals surface area contributed by atoms with Gasteiger partial charge in [-0.1, -0.05) is 11.8 Å². The number of esters is 1. The second-order valence-corrected chi connectivity index (χ2v) is 5.05. The highest BCUT2D eigenvalue weighted by Gasteiger charge is 2.12. The first-order valence-electron chi connectivity index (χ1n) is 6.06. The molecule has 19 heavy (non-hydrogen) atoms. The number of hydrogen-bond donors (Lipinski definition) is 0. The van der Waals surface area contributed by atoms with Crippen molar-refractivity contribution in [3.8, 4) is 0 Å². The number of carbonyl (C=O) groups excluding carboxylic acids is 2. The molecule has 104 valence electrons. The van der Waals surface area contributed by atoms with Gasteiger partial charge in [-0.15, -0.1) is 0 Å². The van der Waals surface area contributed by atoms with Gasteiger partial charge < -0.3 is 4.74 Å². The third-order valence-electron chi connectivity index (χ3n) is 2.62. The summed E-state index contributed by atoms with van der Waals surface area (Å²) in [6.07, 6.45) is -0.190. The predicted molar refractivity (Wildman–Crippen MR) is 73.2 cm³/mol. The third-order valence-corrected chi connectivity index (χ3v) is 3.53. The van der Waals surface area contributed by atoms with Gasteiger partial charge in [-0.25, -0.2) is 9.97 Å². The van der Waals surface area contributed by atoms with Gasteiger partial charge in [-0.2, -0.15) is 0 Å². The van der Waals surface area contributed by atoms with Crippen LogP contribution in [0.3, 0.4) is 0 Å². The molecule has 0 aliphatic rings. The number of hydrogen-bond acceptors (Lipinski definition) is 6. The van der Waals surface area contributed by atoms with Crippen LogP contribution in [0.2, 0.25) is 0 Å². The number of aromatic nitrogens is 2. The van der Waals surface area contributed by atoms with Gasteiger partial charge in [0.15, 0.2) is 10.9 Å². The summed E-state index contributed by atoms with van der Waals surface area (Å²) < 4.78 is 4.72. The topological polar surface area (TPSA) is 69.2 Å². The van der Waals surface area contributed by atoms with E-state index in [4.69, 9.17) is 4.74 Å². The molecule has 0 fully saturated rings. The summed E-state index contributed by atoms with van der Waals surface area (Å²) in [7, 11) is 0. The molecule has 1 heterocycles. The quantitative estimate of drug-likeness (QED) is 0.344. The van der Waals surface area contributed by atoms with Crippen LogP contribution in [0, 0.1) is 20.8 Å². The molecule has 0 bridgehead atoms. The van der Waals surface area contributed by atoms with E-state index >= 15 is 0 Å². The van der Waals surface area contributed by atoms with Crippen molar-refractivity contribution in [1.29, 1.82) is 0 Å².